The molecule has 0 radical (unpaired) electrons. The zero-order valence-corrected chi connectivity index (χ0v) is 14.8. The lowest BCUT2D eigenvalue weighted by atomic mass is 10.2. The number of nitrogens with one attached hydrogen (secondary N) is 2. The van der Waals surface area contributed by atoms with Crippen LogP contribution in [0.2, 0.25) is 0 Å². The first kappa shape index (κ1) is 20.5. The van der Waals surface area contributed by atoms with Crippen LogP contribution in [-0.2, 0) is 0 Å². The van der Waals surface area contributed by atoms with Crippen molar-refractivity contribution >= 4 is 23.5 Å². The van der Waals surface area contributed by atoms with Crippen LogP contribution in [0, 0.1) is 0 Å². The summed E-state index contributed by atoms with van der Waals surface area (Å²) in [7, 11) is 0. The van der Waals surface area contributed by atoms with Crippen LogP contribution in [0.4, 0.5) is 0 Å². The van der Waals surface area contributed by atoms with E-state index in [-0.39, 0.29) is 0 Å². The third-order valence-corrected chi connectivity index (χ3v) is 4.91. The first-order valence-electron chi connectivity index (χ1n) is 8.07. The maximum absolute atomic E-state index is 3.85. The average Bonchev–Trinajstić information content (AvgIpc) is 2.47. The van der Waals surface area contributed by atoms with Crippen molar-refractivity contribution in [3.63, 3.8) is 0 Å². The smallest absolute Gasteiger partial charge is 0.0747 e. The Kier molecular flexibility index (Phi) is 20.1. The Morgan fingerprint density at radius 1 is 0.600 bits per heavy atom. The summed E-state index contributed by atoms with van der Waals surface area (Å²) in [4.78, 5) is 0. The van der Waals surface area contributed by atoms with E-state index in [9.17, 15) is 0 Å². The zero-order chi connectivity index (χ0) is 14.7. The Hall–Kier alpha value is 0.540. The molecule has 0 saturated heterocycles. The Morgan fingerprint density at radius 3 is 1.45 bits per heavy atom. The summed E-state index contributed by atoms with van der Waals surface area (Å²) >= 11 is 3.99. The molecule has 0 aliphatic carbocycles. The largest absolute Gasteiger partial charge is 0.358 e. The van der Waals surface area contributed by atoms with Crippen molar-refractivity contribution in [2.24, 2.45) is 0 Å². The predicted molar refractivity (Wildman–Crippen MR) is 93.9 cm³/mol. The summed E-state index contributed by atoms with van der Waals surface area (Å²) in [6, 6.07) is 0. The molecule has 0 aromatic heterocycles. The van der Waals surface area contributed by atoms with Crippen molar-refractivity contribution in [3.05, 3.63) is 0 Å². The molecule has 8 N–H and O–H groups in total. The highest BCUT2D eigenvalue weighted by molar-refractivity contribution is 7.99. The van der Waals surface area contributed by atoms with Gasteiger partial charge in [-0.15, -0.1) is 23.5 Å². The maximum atomic E-state index is 3.85. The lowest BCUT2D eigenvalue weighted by Gasteiger charge is -2.05. The molecule has 0 aliphatic rings. The van der Waals surface area contributed by atoms with E-state index < -0.39 is 0 Å². The van der Waals surface area contributed by atoms with Gasteiger partial charge in [0.2, 0.25) is 0 Å². The molecule has 20 heavy (non-hydrogen) atoms. The minimum Gasteiger partial charge on any atom is -0.358 e. The normalized spacial score (nSPS) is 11.1. The first-order valence-corrected chi connectivity index (χ1v) is 10.4. The molecule has 0 unspecified atom stereocenters. The average molecular weight is 325 g/mol. The van der Waals surface area contributed by atoms with E-state index in [4.69, 9.17) is 0 Å². The van der Waals surface area contributed by atoms with Gasteiger partial charge in [0.1, 0.15) is 0 Å². The second-order valence-electron chi connectivity index (χ2n) is 4.93. The fourth-order valence-electron chi connectivity index (χ4n) is 1.69. The van der Waals surface area contributed by atoms with E-state index in [1.807, 2.05) is 23.5 Å². The molecule has 0 rings (SSSR count). The van der Waals surface area contributed by atoms with Crippen LogP contribution < -0.4 is 22.1 Å². The summed E-state index contributed by atoms with van der Waals surface area (Å²) in [5.74, 6) is 4.70. The van der Waals surface area contributed by atoms with Crippen molar-refractivity contribution in [2.75, 3.05) is 49.4 Å². The molecule has 0 spiro atoms. The SMILES string of the molecule is [NH3+]CCCSCNCCCCCCNCSCCC[NH3+]. The topological polar surface area (TPSA) is 79.3 Å². The van der Waals surface area contributed by atoms with Gasteiger partial charge in [-0.3, -0.25) is 0 Å². The van der Waals surface area contributed by atoms with E-state index in [2.05, 4.69) is 22.1 Å². The lowest BCUT2D eigenvalue weighted by Crippen LogP contribution is -2.50. The van der Waals surface area contributed by atoms with Gasteiger partial charge >= 0.3 is 0 Å². The van der Waals surface area contributed by atoms with E-state index >= 15 is 0 Å². The molecule has 0 saturated carbocycles. The predicted octanol–water partition coefficient (Wildman–Crippen LogP) is 0.371. The van der Waals surface area contributed by atoms with Gasteiger partial charge in [-0.1, -0.05) is 12.8 Å². The maximum Gasteiger partial charge on any atom is 0.0747 e. The van der Waals surface area contributed by atoms with Gasteiger partial charge in [-0.05, 0) is 37.4 Å². The summed E-state index contributed by atoms with van der Waals surface area (Å²) in [6.07, 6.45) is 7.82. The highest BCUT2D eigenvalue weighted by atomic mass is 32.2. The molecule has 122 valence electrons. The molecule has 0 aromatic rings. The van der Waals surface area contributed by atoms with E-state index in [0.29, 0.717) is 0 Å². The zero-order valence-electron chi connectivity index (χ0n) is 13.1. The van der Waals surface area contributed by atoms with Gasteiger partial charge in [0, 0.05) is 24.6 Å². The summed E-state index contributed by atoms with van der Waals surface area (Å²) in [5.41, 5.74) is 7.70. The van der Waals surface area contributed by atoms with Crippen LogP contribution in [0.1, 0.15) is 38.5 Å². The number of hydrogen-bond acceptors (Lipinski definition) is 4. The fourth-order valence-corrected chi connectivity index (χ4v) is 3.38. The van der Waals surface area contributed by atoms with Gasteiger partial charge in [-0.2, -0.15) is 0 Å². The van der Waals surface area contributed by atoms with Gasteiger partial charge < -0.3 is 22.1 Å². The number of unbranched alkanes of at least 4 members (excludes halogenated alkanes) is 3. The summed E-state index contributed by atoms with van der Waals surface area (Å²) < 4.78 is 0. The van der Waals surface area contributed by atoms with E-state index in [0.717, 1.165) is 24.8 Å². The molecule has 0 aromatic carbocycles. The second-order valence-corrected chi connectivity index (χ2v) is 7.14. The van der Waals surface area contributed by atoms with Gasteiger partial charge in [-0.25, -0.2) is 0 Å². The second kappa shape index (κ2) is 19.5. The van der Waals surface area contributed by atoms with Gasteiger partial charge in [0.15, 0.2) is 0 Å². The van der Waals surface area contributed by atoms with Crippen molar-refractivity contribution in [1.82, 2.24) is 10.6 Å². The Morgan fingerprint density at radius 2 is 1.05 bits per heavy atom. The molecular weight excluding hydrogens is 288 g/mol. The third kappa shape index (κ3) is 18.5. The monoisotopic (exact) mass is 324 g/mol. The van der Waals surface area contributed by atoms with Crippen molar-refractivity contribution < 1.29 is 11.5 Å². The van der Waals surface area contributed by atoms with Crippen LogP contribution in [-0.4, -0.2) is 49.4 Å². The molecule has 0 heterocycles. The molecule has 0 amide bonds. The number of thioether (sulfide) groups is 2. The molecule has 0 fully saturated rings. The quantitative estimate of drug-likeness (QED) is 0.230. The first-order chi connectivity index (χ1) is 9.91. The summed E-state index contributed by atoms with van der Waals surface area (Å²) in [5, 5.41) is 6.99. The standard InChI is InChI=1S/C14H34N4S2/c15-7-5-11-19-13-17-9-3-1-2-4-10-18-14-20-12-6-8-16/h17-18H,1-16H2/p+2. The van der Waals surface area contributed by atoms with Crippen LogP contribution in [0.25, 0.3) is 0 Å². The van der Waals surface area contributed by atoms with Crippen LogP contribution in [0.3, 0.4) is 0 Å². The van der Waals surface area contributed by atoms with E-state index in [1.165, 1.54) is 63.1 Å². The Labute approximate surface area is 134 Å². The van der Waals surface area contributed by atoms with Crippen LogP contribution in [0.15, 0.2) is 0 Å². The van der Waals surface area contributed by atoms with Gasteiger partial charge in [0.25, 0.3) is 0 Å². The highest BCUT2D eigenvalue weighted by Crippen LogP contribution is 2.02. The number of hydrogen-bond donors (Lipinski definition) is 4. The lowest BCUT2D eigenvalue weighted by molar-refractivity contribution is -0.367. The fraction of sp³-hybridized carbons (Fsp3) is 1.00. The minimum atomic E-state index is 1.06. The number of quaternary nitrogens is 2. The molecule has 0 aliphatic heterocycles. The van der Waals surface area contributed by atoms with Crippen LogP contribution >= 0.6 is 23.5 Å². The highest BCUT2D eigenvalue weighted by Gasteiger charge is 1.93. The number of rotatable bonds is 17. The minimum absolute atomic E-state index is 1.06. The molecule has 0 atom stereocenters. The third-order valence-electron chi connectivity index (χ3n) is 2.94. The van der Waals surface area contributed by atoms with Crippen molar-refractivity contribution in [1.29, 1.82) is 0 Å². The Balaban J connectivity index is 2.89. The summed E-state index contributed by atoms with van der Waals surface area (Å²) in [6.45, 7) is 4.47. The molecule has 0 bridgehead atoms. The molecular formula is C14H36N4S2+2. The van der Waals surface area contributed by atoms with Crippen LogP contribution in [0.5, 0.6) is 0 Å². The van der Waals surface area contributed by atoms with Crippen molar-refractivity contribution in [2.45, 2.75) is 38.5 Å². The molecule has 4 nitrogen and oxygen atoms in total. The van der Waals surface area contributed by atoms with Gasteiger partial charge in [0.05, 0.1) is 13.1 Å². The van der Waals surface area contributed by atoms with E-state index in [1.54, 1.807) is 0 Å². The molecule has 6 heteroatoms. The van der Waals surface area contributed by atoms with Crippen molar-refractivity contribution in [3.8, 4) is 0 Å². The Bertz CT molecular complexity index is 155.